The van der Waals surface area contributed by atoms with Crippen LogP contribution in [0.25, 0.3) is 22.2 Å². The third kappa shape index (κ3) is 4.49. The summed E-state index contributed by atoms with van der Waals surface area (Å²) in [6.07, 6.45) is 0.798. The summed E-state index contributed by atoms with van der Waals surface area (Å²) in [7, 11) is 0. The number of hydrogen-bond acceptors (Lipinski definition) is 3. The van der Waals surface area contributed by atoms with Crippen molar-refractivity contribution in [3.05, 3.63) is 96.1 Å². The zero-order valence-corrected chi connectivity index (χ0v) is 17.0. The molecule has 0 spiro atoms. The molecule has 1 heterocycles. The van der Waals surface area contributed by atoms with Gasteiger partial charge in [-0.25, -0.2) is 4.98 Å². The Kier molecular flexibility index (Phi) is 6.04. The highest BCUT2D eigenvalue weighted by molar-refractivity contribution is 5.99. The van der Waals surface area contributed by atoms with Crippen LogP contribution in [-0.4, -0.2) is 24.0 Å². The molecule has 150 valence electrons. The predicted molar refractivity (Wildman–Crippen MR) is 121 cm³/mol. The van der Waals surface area contributed by atoms with Crippen LogP contribution >= 0.6 is 0 Å². The number of benzene rings is 3. The molecule has 0 atom stereocenters. The van der Waals surface area contributed by atoms with E-state index in [0.29, 0.717) is 18.7 Å². The normalized spacial score (nSPS) is 10.7. The SMILES string of the molecule is CCOc1cc(-c2ccccc2)nc2ccc(C(=O)NCCc3ccccc3)cc12. The van der Waals surface area contributed by atoms with Gasteiger partial charge in [-0.3, -0.25) is 4.79 Å². The number of pyridine rings is 1. The van der Waals surface area contributed by atoms with Crippen LogP contribution in [0.5, 0.6) is 5.75 Å². The van der Waals surface area contributed by atoms with Crippen LogP contribution in [0.4, 0.5) is 0 Å². The minimum absolute atomic E-state index is 0.0950. The molecule has 0 saturated heterocycles. The molecule has 1 aromatic heterocycles. The zero-order valence-electron chi connectivity index (χ0n) is 17.0. The molecule has 0 aliphatic carbocycles. The van der Waals surface area contributed by atoms with Crippen LogP contribution in [0.15, 0.2) is 84.9 Å². The molecule has 0 bridgehead atoms. The van der Waals surface area contributed by atoms with Crippen LogP contribution in [-0.2, 0) is 6.42 Å². The van der Waals surface area contributed by atoms with E-state index in [9.17, 15) is 4.79 Å². The van der Waals surface area contributed by atoms with Crippen molar-refractivity contribution in [3.8, 4) is 17.0 Å². The first kappa shape index (κ1) is 19.6. The summed E-state index contributed by atoms with van der Waals surface area (Å²) >= 11 is 0. The second kappa shape index (κ2) is 9.23. The first-order chi connectivity index (χ1) is 14.7. The summed E-state index contributed by atoms with van der Waals surface area (Å²) in [6.45, 7) is 3.08. The molecular weight excluding hydrogens is 372 g/mol. The maximum atomic E-state index is 12.7. The molecule has 3 aromatic carbocycles. The van der Waals surface area contributed by atoms with E-state index >= 15 is 0 Å². The van der Waals surface area contributed by atoms with Crippen molar-refractivity contribution < 1.29 is 9.53 Å². The Morgan fingerprint density at radius 2 is 1.67 bits per heavy atom. The van der Waals surface area contributed by atoms with Crippen molar-refractivity contribution in [2.24, 2.45) is 0 Å². The summed E-state index contributed by atoms with van der Waals surface area (Å²) in [5.41, 5.74) is 4.49. The molecule has 4 aromatic rings. The summed E-state index contributed by atoms with van der Waals surface area (Å²) in [5.74, 6) is 0.641. The number of carbonyl (C=O) groups is 1. The fourth-order valence-electron chi connectivity index (χ4n) is 3.43. The molecule has 30 heavy (non-hydrogen) atoms. The lowest BCUT2D eigenvalue weighted by Gasteiger charge is -2.12. The molecule has 1 amide bonds. The number of amides is 1. The molecule has 4 heteroatoms. The van der Waals surface area contributed by atoms with Crippen molar-refractivity contribution in [3.63, 3.8) is 0 Å². The summed E-state index contributed by atoms with van der Waals surface area (Å²) in [4.78, 5) is 17.4. The average Bonchev–Trinajstić information content (AvgIpc) is 2.80. The smallest absolute Gasteiger partial charge is 0.251 e. The third-order valence-electron chi connectivity index (χ3n) is 4.94. The van der Waals surface area contributed by atoms with Crippen LogP contribution in [0.1, 0.15) is 22.8 Å². The molecule has 4 nitrogen and oxygen atoms in total. The number of rotatable bonds is 7. The largest absolute Gasteiger partial charge is 0.493 e. The van der Waals surface area contributed by atoms with Crippen LogP contribution < -0.4 is 10.1 Å². The summed E-state index contributed by atoms with van der Waals surface area (Å²) in [5, 5.41) is 3.84. The van der Waals surface area contributed by atoms with Gasteiger partial charge in [0, 0.05) is 29.1 Å². The second-order valence-electron chi connectivity index (χ2n) is 7.03. The molecule has 0 aliphatic heterocycles. The Morgan fingerprint density at radius 1 is 0.933 bits per heavy atom. The molecule has 0 saturated carbocycles. The molecule has 0 fully saturated rings. The number of aromatic nitrogens is 1. The van der Waals surface area contributed by atoms with E-state index in [1.54, 1.807) is 0 Å². The molecule has 0 aliphatic rings. The van der Waals surface area contributed by atoms with Crippen molar-refractivity contribution in [1.29, 1.82) is 0 Å². The van der Waals surface area contributed by atoms with Gasteiger partial charge in [0.15, 0.2) is 0 Å². The standard InChI is InChI=1S/C26H24N2O2/c1-2-30-25-18-24(20-11-7-4-8-12-20)28-23-14-13-21(17-22(23)25)26(29)27-16-15-19-9-5-3-6-10-19/h3-14,17-18H,2,15-16H2,1H3,(H,27,29). The van der Waals surface area contributed by atoms with Crippen LogP contribution in [0.3, 0.4) is 0 Å². The fourth-order valence-corrected chi connectivity index (χ4v) is 3.43. The minimum atomic E-state index is -0.0950. The van der Waals surface area contributed by atoms with E-state index in [1.807, 2.05) is 79.7 Å². The van der Waals surface area contributed by atoms with Crippen LogP contribution in [0, 0.1) is 0 Å². The lowest BCUT2D eigenvalue weighted by atomic mass is 10.1. The van der Waals surface area contributed by atoms with Gasteiger partial charge in [-0.15, -0.1) is 0 Å². The Balaban J connectivity index is 1.58. The van der Waals surface area contributed by atoms with Gasteiger partial charge < -0.3 is 10.1 Å². The number of nitrogens with one attached hydrogen (secondary N) is 1. The molecular formula is C26H24N2O2. The highest BCUT2D eigenvalue weighted by Gasteiger charge is 2.12. The van der Waals surface area contributed by atoms with E-state index in [0.717, 1.165) is 34.3 Å². The monoisotopic (exact) mass is 396 g/mol. The highest BCUT2D eigenvalue weighted by Crippen LogP contribution is 2.30. The number of nitrogens with zero attached hydrogens (tertiary/aromatic N) is 1. The van der Waals surface area contributed by atoms with Crippen molar-refractivity contribution in [2.75, 3.05) is 13.2 Å². The molecule has 4 rings (SSSR count). The number of fused-ring (bicyclic) bond motifs is 1. The Bertz CT molecular complexity index is 1140. The molecule has 0 radical (unpaired) electrons. The molecule has 0 unspecified atom stereocenters. The lowest BCUT2D eigenvalue weighted by molar-refractivity contribution is 0.0954. The van der Waals surface area contributed by atoms with E-state index < -0.39 is 0 Å². The van der Waals surface area contributed by atoms with E-state index in [2.05, 4.69) is 17.4 Å². The Hall–Kier alpha value is -3.66. The van der Waals surface area contributed by atoms with Gasteiger partial charge in [0.2, 0.25) is 0 Å². The minimum Gasteiger partial charge on any atom is -0.493 e. The second-order valence-corrected chi connectivity index (χ2v) is 7.03. The van der Waals surface area contributed by atoms with Gasteiger partial charge >= 0.3 is 0 Å². The van der Waals surface area contributed by atoms with Gasteiger partial charge in [-0.05, 0) is 37.1 Å². The van der Waals surface area contributed by atoms with Gasteiger partial charge in [0.1, 0.15) is 5.75 Å². The average molecular weight is 396 g/mol. The summed E-state index contributed by atoms with van der Waals surface area (Å²) < 4.78 is 5.88. The maximum Gasteiger partial charge on any atom is 0.251 e. The Morgan fingerprint density at radius 3 is 2.40 bits per heavy atom. The first-order valence-electron chi connectivity index (χ1n) is 10.2. The topological polar surface area (TPSA) is 51.2 Å². The van der Waals surface area contributed by atoms with Crippen LogP contribution in [0.2, 0.25) is 0 Å². The van der Waals surface area contributed by atoms with E-state index in [-0.39, 0.29) is 5.91 Å². The Labute approximate surface area is 176 Å². The third-order valence-corrected chi connectivity index (χ3v) is 4.94. The van der Waals surface area contributed by atoms with Gasteiger partial charge in [-0.2, -0.15) is 0 Å². The van der Waals surface area contributed by atoms with E-state index in [1.165, 1.54) is 5.56 Å². The number of hydrogen-bond donors (Lipinski definition) is 1. The number of carbonyl (C=O) groups excluding carboxylic acids is 1. The van der Waals surface area contributed by atoms with Crippen molar-refractivity contribution in [1.82, 2.24) is 10.3 Å². The van der Waals surface area contributed by atoms with Gasteiger partial charge in [-0.1, -0.05) is 60.7 Å². The lowest BCUT2D eigenvalue weighted by Crippen LogP contribution is -2.25. The number of ether oxygens (including phenoxy) is 1. The van der Waals surface area contributed by atoms with Crippen molar-refractivity contribution in [2.45, 2.75) is 13.3 Å². The zero-order chi connectivity index (χ0) is 20.8. The van der Waals surface area contributed by atoms with Crippen molar-refractivity contribution >= 4 is 16.8 Å². The fraction of sp³-hybridized carbons (Fsp3) is 0.154. The quantitative estimate of drug-likeness (QED) is 0.463. The molecule has 1 N–H and O–H groups in total. The van der Waals surface area contributed by atoms with E-state index in [4.69, 9.17) is 9.72 Å². The maximum absolute atomic E-state index is 12.7. The highest BCUT2D eigenvalue weighted by atomic mass is 16.5. The van der Waals surface area contributed by atoms with Gasteiger partial charge in [0.05, 0.1) is 17.8 Å². The summed E-state index contributed by atoms with van der Waals surface area (Å²) in [6, 6.07) is 27.6. The predicted octanol–water partition coefficient (Wildman–Crippen LogP) is 5.27. The van der Waals surface area contributed by atoms with Gasteiger partial charge in [0.25, 0.3) is 5.91 Å². The first-order valence-corrected chi connectivity index (χ1v) is 10.2.